The first-order valence-corrected chi connectivity index (χ1v) is 7.39. The average molecular weight is 300 g/mol. The van der Waals surface area contributed by atoms with Crippen LogP contribution in [0.4, 0.5) is 5.69 Å². The Labute approximate surface area is 129 Å². The summed E-state index contributed by atoms with van der Waals surface area (Å²) in [6.45, 7) is 6.43. The number of nitrogens with zero attached hydrogens (tertiary/aromatic N) is 4. The smallest absolute Gasteiger partial charge is 0.288 e. The molecule has 0 unspecified atom stereocenters. The molecule has 1 amide bonds. The lowest BCUT2D eigenvalue weighted by Crippen LogP contribution is -2.43. The molecule has 0 radical (unpaired) electrons. The van der Waals surface area contributed by atoms with Crippen molar-refractivity contribution < 1.29 is 4.79 Å². The van der Waals surface area contributed by atoms with Gasteiger partial charge in [0, 0.05) is 31.9 Å². The van der Waals surface area contributed by atoms with E-state index in [4.69, 9.17) is 5.73 Å². The third-order valence-corrected chi connectivity index (χ3v) is 3.80. The van der Waals surface area contributed by atoms with Crippen LogP contribution < -0.4 is 16.0 Å². The van der Waals surface area contributed by atoms with Gasteiger partial charge in [0.15, 0.2) is 0 Å². The SMILES string of the molecule is Cc1nc(C(N)=O)nn1Cc1cccc(N2CCNCC2)c1. The van der Waals surface area contributed by atoms with Gasteiger partial charge < -0.3 is 16.0 Å². The molecule has 2 aromatic rings. The summed E-state index contributed by atoms with van der Waals surface area (Å²) in [6, 6.07) is 8.39. The van der Waals surface area contributed by atoms with Crippen LogP contribution in [0, 0.1) is 6.92 Å². The number of nitrogens with two attached hydrogens (primary N) is 1. The number of piperazine rings is 1. The van der Waals surface area contributed by atoms with Crippen molar-refractivity contribution in [1.29, 1.82) is 0 Å². The Morgan fingerprint density at radius 2 is 2.14 bits per heavy atom. The van der Waals surface area contributed by atoms with Gasteiger partial charge in [-0.3, -0.25) is 4.79 Å². The lowest BCUT2D eigenvalue weighted by Gasteiger charge is -2.29. The van der Waals surface area contributed by atoms with E-state index in [0.29, 0.717) is 12.4 Å². The summed E-state index contributed by atoms with van der Waals surface area (Å²) in [5, 5.41) is 7.51. The number of primary amides is 1. The van der Waals surface area contributed by atoms with Crippen molar-refractivity contribution in [2.24, 2.45) is 5.73 Å². The predicted molar refractivity (Wildman–Crippen MR) is 83.9 cm³/mol. The van der Waals surface area contributed by atoms with Gasteiger partial charge in [-0.1, -0.05) is 12.1 Å². The number of benzene rings is 1. The molecular formula is C15H20N6O. The molecule has 7 heteroatoms. The first-order valence-electron chi connectivity index (χ1n) is 7.39. The van der Waals surface area contributed by atoms with Gasteiger partial charge in [-0.15, -0.1) is 5.10 Å². The van der Waals surface area contributed by atoms with Gasteiger partial charge in [-0.25, -0.2) is 9.67 Å². The lowest BCUT2D eigenvalue weighted by atomic mass is 10.1. The van der Waals surface area contributed by atoms with Gasteiger partial charge in [0.25, 0.3) is 5.91 Å². The summed E-state index contributed by atoms with van der Waals surface area (Å²) < 4.78 is 1.71. The molecule has 7 nitrogen and oxygen atoms in total. The Morgan fingerprint density at radius 3 is 2.82 bits per heavy atom. The van der Waals surface area contributed by atoms with Crippen LogP contribution in [0.3, 0.4) is 0 Å². The highest BCUT2D eigenvalue weighted by Crippen LogP contribution is 2.17. The van der Waals surface area contributed by atoms with Crippen LogP contribution in [0.25, 0.3) is 0 Å². The maximum atomic E-state index is 11.2. The second kappa shape index (κ2) is 6.15. The topological polar surface area (TPSA) is 89.1 Å². The van der Waals surface area contributed by atoms with Crippen LogP contribution in [-0.4, -0.2) is 46.9 Å². The van der Waals surface area contributed by atoms with Gasteiger partial charge in [0.2, 0.25) is 5.82 Å². The van der Waals surface area contributed by atoms with E-state index in [1.54, 1.807) is 4.68 Å². The predicted octanol–water partition coefficient (Wildman–Crippen LogP) is 0.143. The molecule has 3 N–H and O–H groups in total. The molecule has 22 heavy (non-hydrogen) atoms. The molecule has 2 heterocycles. The number of rotatable bonds is 4. The number of anilines is 1. The number of aromatic nitrogens is 3. The monoisotopic (exact) mass is 300 g/mol. The van der Waals surface area contributed by atoms with Crippen molar-refractivity contribution in [3.05, 3.63) is 41.5 Å². The zero-order valence-electron chi connectivity index (χ0n) is 12.6. The number of hydrogen-bond acceptors (Lipinski definition) is 5. The van der Waals surface area contributed by atoms with Crippen LogP contribution in [0.2, 0.25) is 0 Å². The number of hydrogen-bond donors (Lipinski definition) is 2. The fraction of sp³-hybridized carbons (Fsp3) is 0.400. The van der Waals surface area contributed by atoms with Crippen LogP contribution in [0.1, 0.15) is 22.0 Å². The third-order valence-electron chi connectivity index (χ3n) is 3.80. The summed E-state index contributed by atoms with van der Waals surface area (Å²) in [4.78, 5) is 17.6. The van der Waals surface area contributed by atoms with Gasteiger partial charge in [0.05, 0.1) is 6.54 Å². The van der Waals surface area contributed by atoms with E-state index in [2.05, 4.69) is 38.5 Å². The molecule has 1 aliphatic heterocycles. The first kappa shape index (κ1) is 14.5. The fourth-order valence-electron chi connectivity index (χ4n) is 2.62. The largest absolute Gasteiger partial charge is 0.369 e. The molecular weight excluding hydrogens is 280 g/mol. The van der Waals surface area contributed by atoms with E-state index < -0.39 is 5.91 Å². The second-order valence-electron chi connectivity index (χ2n) is 5.41. The average Bonchev–Trinajstić information content (AvgIpc) is 2.90. The third kappa shape index (κ3) is 3.09. The van der Waals surface area contributed by atoms with Crippen LogP contribution >= 0.6 is 0 Å². The van der Waals surface area contributed by atoms with Crippen molar-refractivity contribution in [2.75, 3.05) is 31.1 Å². The fourth-order valence-corrected chi connectivity index (χ4v) is 2.62. The molecule has 1 fully saturated rings. The van der Waals surface area contributed by atoms with Gasteiger partial charge in [0.1, 0.15) is 5.82 Å². The first-order chi connectivity index (χ1) is 10.6. The zero-order chi connectivity index (χ0) is 15.5. The molecule has 3 rings (SSSR count). The summed E-state index contributed by atoms with van der Waals surface area (Å²) in [5.41, 5.74) is 7.56. The van der Waals surface area contributed by atoms with Crippen molar-refractivity contribution in [3.8, 4) is 0 Å². The minimum absolute atomic E-state index is 0.0655. The molecule has 0 spiro atoms. The molecule has 116 valence electrons. The highest BCUT2D eigenvalue weighted by molar-refractivity contribution is 5.88. The summed E-state index contributed by atoms with van der Waals surface area (Å²) in [5.74, 6) is 0.147. The van der Waals surface area contributed by atoms with E-state index in [0.717, 1.165) is 31.7 Å². The highest BCUT2D eigenvalue weighted by atomic mass is 16.1. The Bertz CT molecular complexity index is 674. The van der Waals surface area contributed by atoms with Crippen LogP contribution in [-0.2, 0) is 6.54 Å². The number of nitrogens with one attached hydrogen (secondary N) is 1. The Kier molecular flexibility index (Phi) is 4.06. The number of aryl methyl sites for hydroxylation is 1. The van der Waals surface area contributed by atoms with Crippen LogP contribution in [0.15, 0.2) is 24.3 Å². The van der Waals surface area contributed by atoms with Crippen molar-refractivity contribution in [2.45, 2.75) is 13.5 Å². The lowest BCUT2D eigenvalue weighted by molar-refractivity contribution is 0.0990. The molecule has 0 saturated carbocycles. The molecule has 1 aliphatic rings. The normalized spacial score (nSPS) is 15.0. The van der Waals surface area contributed by atoms with E-state index in [-0.39, 0.29) is 5.82 Å². The van der Waals surface area contributed by atoms with Crippen molar-refractivity contribution in [1.82, 2.24) is 20.1 Å². The van der Waals surface area contributed by atoms with Gasteiger partial charge >= 0.3 is 0 Å². The number of carbonyl (C=O) groups is 1. The summed E-state index contributed by atoms with van der Waals surface area (Å²) in [7, 11) is 0. The van der Waals surface area contributed by atoms with E-state index in [9.17, 15) is 4.79 Å². The molecule has 1 aromatic heterocycles. The van der Waals surface area contributed by atoms with Crippen LogP contribution in [0.5, 0.6) is 0 Å². The molecule has 0 aliphatic carbocycles. The molecule has 0 atom stereocenters. The van der Waals surface area contributed by atoms with E-state index in [1.807, 2.05) is 13.0 Å². The van der Waals surface area contributed by atoms with Crippen molar-refractivity contribution in [3.63, 3.8) is 0 Å². The van der Waals surface area contributed by atoms with Gasteiger partial charge in [-0.2, -0.15) is 0 Å². The summed E-state index contributed by atoms with van der Waals surface area (Å²) in [6.07, 6.45) is 0. The molecule has 1 aromatic carbocycles. The van der Waals surface area contributed by atoms with Gasteiger partial charge in [-0.05, 0) is 24.6 Å². The van der Waals surface area contributed by atoms with E-state index in [1.165, 1.54) is 5.69 Å². The van der Waals surface area contributed by atoms with Crippen molar-refractivity contribution >= 4 is 11.6 Å². The zero-order valence-corrected chi connectivity index (χ0v) is 12.6. The highest BCUT2D eigenvalue weighted by Gasteiger charge is 2.13. The maximum absolute atomic E-state index is 11.2. The number of amides is 1. The Hall–Kier alpha value is -2.41. The minimum Gasteiger partial charge on any atom is -0.369 e. The number of carbonyl (C=O) groups excluding carboxylic acids is 1. The Morgan fingerprint density at radius 1 is 1.36 bits per heavy atom. The molecule has 1 saturated heterocycles. The second-order valence-corrected chi connectivity index (χ2v) is 5.41. The molecule has 0 bridgehead atoms. The Balaban J connectivity index is 1.79. The summed E-state index contributed by atoms with van der Waals surface area (Å²) >= 11 is 0. The minimum atomic E-state index is -0.601. The van der Waals surface area contributed by atoms with E-state index >= 15 is 0 Å². The standard InChI is InChI=1S/C15H20N6O/c1-11-18-15(14(16)22)19-21(11)10-12-3-2-4-13(9-12)20-7-5-17-6-8-20/h2-4,9,17H,5-8,10H2,1H3,(H2,16,22). The maximum Gasteiger partial charge on any atom is 0.288 e. The quantitative estimate of drug-likeness (QED) is 0.838.